The lowest BCUT2D eigenvalue weighted by Crippen LogP contribution is -2.22. The van der Waals surface area contributed by atoms with E-state index in [9.17, 15) is 22.8 Å². The number of ether oxygens (including phenoxy) is 2. The van der Waals surface area contributed by atoms with Crippen LogP contribution in [-0.4, -0.2) is 29.8 Å². The van der Waals surface area contributed by atoms with E-state index in [2.05, 4.69) is 15.0 Å². The third-order valence-corrected chi connectivity index (χ3v) is 4.24. The van der Waals surface area contributed by atoms with Crippen LogP contribution in [0.4, 0.5) is 18.9 Å². The molecule has 1 heterocycles. The van der Waals surface area contributed by atoms with Gasteiger partial charge in [0.2, 0.25) is 0 Å². The quantitative estimate of drug-likeness (QED) is 0.616. The molecule has 3 rings (SSSR count). The first-order valence-electron chi connectivity index (χ1n) is 8.83. The van der Waals surface area contributed by atoms with Crippen LogP contribution in [0, 0.1) is 13.8 Å². The molecular formula is C21H17F3N2O4. The van der Waals surface area contributed by atoms with Crippen LogP contribution >= 0.6 is 0 Å². The number of halogens is 3. The number of aromatic nitrogens is 1. The van der Waals surface area contributed by atoms with Gasteiger partial charge >= 0.3 is 12.3 Å². The summed E-state index contributed by atoms with van der Waals surface area (Å²) >= 11 is 0. The SMILES string of the molecule is Cc1nc2ccccc2c(C)c1C(=O)OCC(=O)Nc1ccc(OC(F)(F)F)cc1. The van der Waals surface area contributed by atoms with Crippen LogP contribution in [0.15, 0.2) is 48.5 Å². The summed E-state index contributed by atoms with van der Waals surface area (Å²) in [6.07, 6.45) is -4.80. The average Bonchev–Trinajstić information content (AvgIpc) is 2.67. The topological polar surface area (TPSA) is 77.5 Å². The van der Waals surface area contributed by atoms with E-state index in [-0.39, 0.29) is 11.3 Å². The van der Waals surface area contributed by atoms with E-state index in [1.165, 1.54) is 12.1 Å². The smallest absolute Gasteiger partial charge is 0.452 e. The van der Waals surface area contributed by atoms with Crippen LogP contribution < -0.4 is 10.1 Å². The summed E-state index contributed by atoms with van der Waals surface area (Å²) in [5.74, 6) is -1.74. The molecule has 2 aromatic carbocycles. The summed E-state index contributed by atoms with van der Waals surface area (Å²) in [6.45, 7) is 2.89. The number of anilines is 1. The van der Waals surface area contributed by atoms with Crippen LogP contribution in [0.5, 0.6) is 5.75 Å². The van der Waals surface area contributed by atoms with Gasteiger partial charge in [-0.1, -0.05) is 18.2 Å². The Labute approximate surface area is 169 Å². The Morgan fingerprint density at radius 1 is 1.03 bits per heavy atom. The van der Waals surface area contributed by atoms with Crippen molar-refractivity contribution in [3.05, 3.63) is 65.4 Å². The van der Waals surface area contributed by atoms with E-state index in [1.807, 2.05) is 24.3 Å². The van der Waals surface area contributed by atoms with E-state index in [4.69, 9.17) is 4.74 Å². The number of carbonyl (C=O) groups excluding carboxylic acids is 2. The zero-order chi connectivity index (χ0) is 21.9. The number of aryl methyl sites for hydroxylation is 2. The van der Waals surface area contributed by atoms with Crippen molar-refractivity contribution < 1.29 is 32.2 Å². The van der Waals surface area contributed by atoms with Gasteiger partial charge in [-0.05, 0) is 49.7 Å². The monoisotopic (exact) mass is 418 g/mol. The first-order chi connectivity index (χ1) is 14.1. The Hall–Kier alpha value is -3.62. The molecule has 0 saturated heterocycles. The molecule has 0 spiro atoms. The van der Waals surface area contributed by atoms with E-state index in [0.717, 1.165) is 23.0 Å². The number of alkyl halides is 3. The fourth-order valence-corrected chi connectivity index (χ4v) is 2.97. The molecule has 1 N–H and O–H groups in total. The second kappa shape index (κ2) is 8.40. The van der Waals surface area contributed by atoms with Crippen molar-refractivity contribution in [1.82, 2.24) is 4.98 Å². The molecule has 0 unspecified atom stereocenters. The number of fused-ring (bicyclic) bond motifs is 1. The van der Waals surface area contributed by atoms with Crippen molar-refractivity contribution in [3.8, 4) is 5.75 Å². The Morgan fingerprint density at radius 3 is 2.37 bits per heavy atom. The van der Waals surface area contributed by atoms with Gasteiger partial charge in [-0.15, -0.1) is 13.2 Å². The number of carbonyl (C=O) groups is 2. The summed E-state index contributed by atoms with van der Waals surface area (Å²) in [5.41, 5.74) is 2.45. The van der Waals surface area contributed by atoms with Crippen molar-refractivity contribution in [1.29, 1.82) is 0 Å². The lowest BCUT2D eigenvalue weighted by molar-refractivity contribution is -0.274. The van der Waals surface area contributed by atoms with Crippen molar-refractivity contribution in [3.63, 3.8) is 0 Å². The first kappa shape index (κ1) is 21.1. The number of esters is 1. The van der Waals surface area contributed by atoms with Gasteiger partial charge < -0.3 is 14.8 Å². The number of nitrogens with zero attached hydrogens (tertiary/aromatic N) is 1. The predicted octanol–water partition coefficient (Wildman–Crippen LogP) is 4.55. The zero-order valence-electron chi connectivity index (χ0n) is 16.0. The minimum atomic E-state index is -4.80. The molecule has 3 aromatic rings. The molecule has 0 aliphatic carbocycles. The van der Waals surface area contributed by atoms with E-state index < -0.39 is 30.6 Å². The van der Waals surface area contributed by atoms with Gasteiger partial charge in [0.05, 0.1) is 16.8 Å². The van der Waals surface area contributed by atoms with Gasteiger partial charge in [0.15, 0.2) is 6.61 Å². The molecule has 0 radical (unpaired) electrons. The van der Waals surface area contributed by atoms with Crippen LogP contribution in [-0.2, 0) is 9.53 Å². The lowest BCUT2D eigenvalue weighted by atomic mass is 10.0. The second-order valence-electron chi connectivity index (χ2n) is 6.41. The summed E-state index contributed by atoms with van der Waals surface area (Å²) in [7, 11) is 0. The minimum absolute atomic E-state index is 0.227. The third-order valence-electron chi connectivity index (χ3n) is 4.24. The fraction of sp³-hybridized carbons (Fsp3) is 0.190. The van der Waals surface area contributed by atoms with Gasteiger partial charge in [-0.3, -0.25) is 9.78 Å². The highest BCUT2D eigenvalue weighted by Crippen LogP contribution is 2.25. The Kier molecular flexibility index (Phi) is 5.91. The van der Waals surface area contributed by atoms with E-state index in [0.29, 0.717) is 11.3 Å². The normalized spacial score (nSPS) is 11.2. The summed E-state index contributed by atoms with van der Waals surface area (Å²) in [6, 6.07) is 11.9. The maximum atomic E-state index is 12.5. The van der Waals surface area contributed by atoms with Gasteiger partial charge in [0, 0.05) is 11.1 Å². The predicted molar refractivity (Wildman–Crippen MR) is 103 cm³/mol. The Balaban J connectivity index is 1.62. The molecule has 0 atom stereocenters. The first-order valence-corrected chi connectivity index (χ1v) is 8.83. The van der Waals surface area contributed by atoms with Crippen LogP contribution in [0.3, 0.4) is 0 Å². The second-order valence-corrected chi connectivity index (χ2v) is 6.41. The number of hydrogen-bond acceptors (Lipinski definition) is 5. The molecule has 0 aliphatic heterocycles. The summed E-state index contributed by atoms with van der Waals surface area (Å²) in [5, 5.41) is 3.24. The van der Waals surface area contributed by atoms with Gasteiger partial charge in [0.1, 0.15) is 5.75 Å². The van der Waals surface area contributed by atoms with Crippen LogP contribution in [0.1, 0.15) is 21.6 Å². The number of pyridine rings is 1. The molecule has 30 heavy (non-hydrogen) atoms. The van der Waals surface area contributed by atoms with E-state index in [1.54, 1.807) is 13.8 Å². The molecular weight excluding hydrogens is 401 g/mol. The summed E-state index contributed by atoms with van der Waals surface area (Å²) < 4.78 is 45.4. The largest absolute Gasteiger partial charge is 0.573 e. The van der Waals surface area contributed by atoms with E-state index >= 15 is 0 Å². The van der Waals surface area contributed by atoms with Crippen molar-refractivity contribution in [2.45, 2.75) is 20.2 Å². The number of benzene rings is 2. The van der Waals surface area contributed by atoms with Crippen molar-refractivity contribution in [2.75, 3.05) is 11.9 Å². The standard InChI is InChI=1S/C21H17F3N2O4/c1-12-16-5-3-4-6-17(16)25-13(2)19(12)20(28)29-11-18(27)26-14-7-9-15(10-8-14)30-21(22,23)24/h3-10H,11H2,1-2H3,(H,26,27). The highest BCUT2D eigenvalue weighted by atomic mass is 19.4. The van der Waals surface area contributed by atoms with Crippen molar-refractivity contribution in [2.24, 2.45) is 0 Å². The molecule has 6 nitrogen and oxygen atoms in total. The maximum absolute atomic E-state index is 12.5. The van der Waals surface area contributed by atoms with Crippen molar-refractivity contribution >= 4 is 28.5 Å². The summed E-state index contributed by atoms with van der Waals surface area (Å²) in [4.78, 5) is 28.9. The zero-order valence-corrected chi connectivity index (χ0v) is 16.0. The average molecular weight is 418 g/mol. The third kappa shape index (κ3) is 5.05. The number of rotatable bonds is 5. The molecule has 1 amide bonds. The fourth-order valence-electron chi connectivity index (χ4n) is 2.97. The molecule has 0 aliphatic rings. The molecule has 156 valence electrons. The van der Waals surface area contributed by atoms with Gasteiger partial charge in [-0.25, -0.2) is 4.79 Å². The molecule has 0 fully saturated rings. The molecule has 1 aromatic heterocycles. The molecule has 0 bridgehead atoms. The highest BCUT2D eigenvalue weighted by molar-refractivity contribution is 6.00. The molecule has 0 saturated carbocycles. The lowest BCUT2D eigenvalue weighted by Gasteiger charge is -2.12. The van der Waals surface area contributed by atoms with Crippen LogP contribution in [0.25, 0.3) is 10.9 Å². The molecule has 9 heteroatoms. The maximum Gasteiger partial charge on any atom is 0.573 e. The van der Waals surface area contributed by atoms with Gasteiger partial charge in [-0.2, -0.15) is 0 Å². The Morgan fingerprint density at radius 2 is 1.70 bits per heavy atom. The minimum Gasteiger partial charge on any atom is -0.452 e. The van der Waals surface area contributed by atoms with Crippen LogP contribution in [0.2, 0.25) is 0 Å². The number of hydrogen-bond donors (Lipinski definition) is 1. The highest BCUT2D eigenvalue weighted by Gasteiger charge is 2.31. The number of amides is 1. The number of para-hydroxylation sites is 1. The van der Waals surface area contributed by atoms with Gasteiger partial charge in [0.25, 0.3) is 5.91 Å². The Bertz CT molecular complexity index is 1100. The number of nitrogens with one attached hydrogen (secondary N) is 1.